The molecule has 0 aliphatic carbocycles. The molecule has 0 fully saturated rings. The van der Waals surface area contributed by atoms with Gasteiger partial charge in [0.15, 0.2) is 0 Å². The Bertz CT molecular complexity index is 1030. The summed E-state index contributed by atoms with van der Waals surface area (Å²) in [7, 11) is 1.68. The molecule has 11 heteroatoms. The van der Waals surface area contributed by atoms with Gasteiger partial charge in [-0.25, -0.2) is 19.9 Å². The molecule has 8 nitrogen and oxygen atoms in total. The van der Waals surface area contributed by atoms with Gasteiger partial charge < -0.3 is 20.4 Å². The first-order valence-electron chi connectivity index (χ1n) is 9.28. The van der Waals surface area contributed by atoms with Crippen LogP contribution in [-0.2, 0) is 6.18 Å². The fourth-order valence-electron chi connectivity index (χ4n) is 2.88. The maximum atomic E-state index is 13.0. The molecule has 31 heavy (non-hydrogen) atoms. The third-order valence-corrected chi connectivity index (χ3v) is 4.44. The lowest BCUT2D eigenvalue weighted by molar-refractivity contribution is -0.141. The highest BCUT2D eigenvalue weighted by atomic mass is 19.4. The van der Waals surface area contributed by atoms with Crippen LogP contribution in [0.25, 0.3) is 11.1 Å². The van der Waals surface area contributed by atoms with Crippen LogP contribution in [0.3, 0.4) is 0 Å². The van der Waals surface area contributed by atoms with Gasteiger partial charge in [-0.3, -0.25) is 0 Å². The standard InChI is InChI=1S/C20H21F3N6O2/c1-12-4-3-5-15(13-8-25-19(26-9-13)29(2)10-14(31)11-30)17(12)28-18-24-7-6-16(27-18)20(21,22)23/h3-9,14,30-31H,10-11H2,1-2H3,(H,24,27,28)/t14-/m0/s1. The Morgan fingerprint density at radius 1 is 1.13 bits per heavy atom. The van der Waals surface area contributed by atoms with Gasteiger partial charge in [-0.2, -0.15) is 13.2 Å². The molecule has 0 bridgehead atoms. The highest BCUT2D eigenvalue weighted by molar-refractivity contribution is 5.81. The van der Waals surface area contributed by atoms with Gasteiger partial charge in [-0.05, 0) is 18.6 Å². The van der Waals surface area contributed by atoms with E-state index < -0.39 is 18.0 Å². The maximum absolute atomic E-state index is 13.0. The second-order valence-electron chi connectivity index (χ2n) is 6.87. The van der Waals surface area contributed by atoms with Crippen LogP contribution in [0, 0.1) is 6.92 Å². The predicted molar refractivity (Wildman–Crippen MR) is 109 cm³/mol. The molecule has 0 aliphatic heterocycles. The van der Waals surface area contributed by atoms with Crippen LogP contribution in [0.2, 0.25) is 0 Å². The van der Waals surface area contributed by atoms with Gasteiger partial charge in [0, 0.05) is 43.3 Å². The molecule has 1 aromatic carbocycles. The van der Waals surface area contributed by atoms with Gasteiger partial charge in [-0.15, -0.1) is 0 Å². The lowest BCUT2D eigenvalue weighted by Gasteiger charge is -2.20. The number of halogens is 3. The summed E-state index contributed by atoms with van der Waals surface area (Å²) in [5, 5.41) is 21.4. The lowest BCUT2D eigenvalue weighted by Crippen LogP contribution is -2.32. The Labute approximate surface area is 176 Å². The monoisotopic (exact) mass is 434 g/mol. The summed E-state index contributed by atoms with van der Waals surface area (Å²) < 4.78 is 38.9. The highest BCUT2D eigenvalue weighted by Gasteiger charge is 2.32. The van der Waals surface area contributed by atoms with Crippen molar-refractivity contribution in [3.8, 4) is 11.1 Å². The molecular formula is C20H21F3N6O2. The minimum absolute atomic E-state index is 0.153. The molecule has 0 unspecified atom stereocenters. The van der Waals surface area contributed by atoms with Crippen LogP contribution in [0.5, 0.6) is 0 Å². The number of likely N-dealkylation sites (N-methyl/N-ethyl adjacent to an activating group) is 1. The van der Waals surface area contributed by atoms with Gasteiger partial charge in [-0.1, -0.05) is 18.2 Å². The quantitative estimate of drug-likeness (QED) is 0.521. The topological polar surface area (TPSA) is 107 Å². The first-order chi connectivity index (χ1) is 14.7. The minimum Gasteiger partial charge on any atom is -0.394 e. The summed E-state index contributed by atoms with van der Waals surface area (Å²) in [4.78, 5) is 17.6. The number of alkyl halides is 3. The highest BCUT2D eigenvalue weighted by Crippen LogP contribution is 2.33. The van der Waals surface area contributed by atoms with Gasteiger partial charge in [0.25, 0.3) is 0 Å². The van der Waals surface area contributed by atoms with E-state index in [1.807, 2.05) is 0 Å². The van der Waals surface area contributed by atoms with E-state index in [4.69, 9.17) is 5.11 Å². The molecule has 3 rings (SSSR count). The van der Waals surface area contributed by atoms with Crippen molar-refractivity contribution >= 4 is 17.6 Å². The summed E-state index contributed by atoms with van der Waals surface area (Å²) in [6, 6.07) is 6.19. The Kier molecular flexibility index (Phi) is 6.66. The molecule has 0 radical (unpaired) electrons. The van der Waals surface area contributed by atoms with E-state index in [9.17, 15) is 18.3 Å². The summed E-state index contributed by atoms with van der Waals surface area (Å²) in [5.41, 5.74) is 1.54. The molecule has 0 aliphatic rings. The number of para-hydroxylation sites is 1. The molecule has 3 aromatic rings. The van der Waals surface area contributed by atoms with Crippen molar-refractivity contribution in [2.45, 2.75) is 19.2 Å². The molecule has 0 amide bonds. The zero-order valence-corrected chi connectivity index (χ0v) is 16.8. The lowest BCUT2D eigenvalue weighted by atomic mass is 10.0. The number of anilines is 3. The number of nitrogens with zero attached hydrogens (tertiary/aromatic N) is 5. The van der Waals surface area contributed by atoms with Gasteiger partial charge in [0.05, 0.1) is 18.4 Å². The number of benzene rings is 1. The molecular weight excluding hydrogens is 413 g/mol. The Hall–Kier alpha value is -3.31. The molecule has 0 saturated heterocycles. The molecule has 164 valence electrons. The number of hydrogen-bond acceptors (Lipinski definition) is 8. The largest absolute Gasteiger partial charge is 0.433 e. The van der Waals surface area contributed by atoms with Crippen LogP contribution in [0.1, 0.15) is 11.3 Å². The van der Waals surface area contributed by atoms with Crippen molar-refractivity contribution < 1.29 is 23.4 Å². The number of rotatable bonds is 7. The number of aliphatic hydroxyl groups excluding tert-OH is 2. The first-order valence-corrected chi connectivity index (χ1v) is 9.28. The fraction of sp³-hybridized carbons (Fsp3) is 0.300. The van der Waals surface area contributed by atoms with Crippen molar-refractivity contribution in [2.24, 2.45) is 0 Å². The van der Waals surface area contributed by atoms with E-state index in [-0.39, 0.29) is 19.1 Å². The van der Waals surface area contributed by atoms with E-state index in [1.165, 1.54) is 0 Å². The molecule has 2 aromatic heterocycles. The van der Waals surface area contributed by atoms with E-state index in [2.05, 4.69) is 25.3 Å². The molecule has 3 N–H and O–H groups in total. The van der Waals surface area contributed by atoms with Crippen molar-refractivity contribution in [1.82, 2.24) is 19.9 Å². The normalized spacial score (nSPS) is 12.5. The molecule has 0 saturated carbocycles. The average Bonchev–Trinajstić information content (AvgIpc) is 2.75. The third kappa shape index (κ3) is 5.44. The van der Waals surface area contributed by atoms with Crippen LogP contribution >= 0.6 is 0 Å². The van der Waals surface area contributed by atoms with Gasteiger partial charge in [0.2, 0.25) is 11.9 Å². The van der Waals surface area contributed by atoms with Crippen molar-refractivity contribution in [2.75, 3.05) is 30.4 Å². The van der Waals surface area contributed by atoms with Crippen LogP contribution < -0.4 is 10.2 Å². The number of aryl methyl sites for hydroxylation is 1. The maximum Gasteiger partial charge on any atom is 0.433 e. The van der Waals surface area contributed by atoms with Crippen molar-refractivity contribution in [1.29, 1.82) is 0 Å². The van der Waals surface area contributed by atoms with E-state index >= 15 is 0 Å². The Morgan fingerprint density at radius 2 is 1.84 bits per heavy atom. The molecule has 2 heterocycles. The number of aliphatic hydroxyl groups is 2. The third-order valence-electron chi connectivity index (χ3n) is 4.44. The van der Waals surface area contributed by atoms with Gasteiger partial charge >= 0.3 is 6.18 Å². The van der Waals surface area contributed by atoms with Gasteiger partial charge in [0.1, 0.15) is 5.69 Å². The summed E-state index contributed by atoms with van der Waals surface area (Å²) >= 11 is 0. The summed E-state index contributed by atoms with van der Waals surface area (Å²) in [5.74, 6) is 0.167. The Morgan fingerprint density at radius 3 is 2.48 bits per heavy atom. The SMILES string of the molecule is Cc1cccc(-c2cnc(N(C)C[C@H](O)CO)nc2)c1Nc1nccc(C(F)(F)F)n1. The zero-order valence-electron chi connectivity index (χ0n) is 16.8. The average molecular weight is 434 g/mol. The van der Waals surface area contributed by atoms with Crippen LogP contribution in [0.15, 0.2) is 42.9 Å². The smallest absolute Gasteiger partial charge is 0.394 e. The molecule has 0 spiro atoms. The second-order valence-corrected chi connectivity index (χ2v) is 6.87. The second kappa shape index (κ2) is 9.23. The van der Waals surface area contributed by atoms with E-state index in [1.54, 1.807) is 49.5 Å². The van der Waals surface area contributed by atoms with Crippen LogP contribution in [-0.4, -0.2) is 56.5 Å². The van der Waals surface area contributed by atoms with Crippen molar-refractivity contribution in [3.63, 3.8) is 0 Å². The number of aromatic nitrogens is 4. The first kappa shape index (κ1) is 22.4. The number of nitrogens with one attached hydrogen (secondary N) is 1. The predicted octanol–water partition coefficient (Wildman–Crippen LogP) is 2.79. The summed E-state index contributed by atoms with van der Waals surface area (Å²) in [6.45, 7) is 1.58. The fourth-order valence-corrected chi connectivity index (χ4v) is 2.88. The van der Waals surface area contributed by atoms with Crippen LogP contribution in [0.4, 0.5) is 30.8 Å². The zero-order chi connectivity index (χ0) is 22.6. The van der Waals surface area contributed by atoms with Crippen molar-refractivity contribution in [3.05, 3.63) is 54.1 Å². The van der Waals surface area contributed by atoms with E-state index in [0.29, 0.717) is 22.8 Å². The van der Waals surface area contributed by atoms with E-state index in [0.717, 1.165) is 17.8 Å². The number of hydrogen-bond donors (Lipinski definition) is 3. The Balaban J connectivity index is 1.90. The molecule has 1 atom stereocenters. The summed E-state index contributed by atoms with van der Waals surface area (Å²) in [6.07, 6.45) is -1.32. The minimum atomic E-state index is -4.58.